The highest BCUT2D eigenvalue weighted by Gasteiger charge is 2.26. The summed E-state index contributed by atoms with van der Waals surface area (Å²) in [6, 6.07) is 10.6. The molecule has 0 aromatic heterocycles. The van der Waals surface area contributed by atoms with Crippen molar-refractivity contribution in [3.05, 3.63) is 42.0 Å². The van der Waals surface area contributed by atoms with Crippen LogP contribution in [-0.2, 0) is 14.4 Å². The van der Waals surface area contributed by atoms with Crippen LogP contribution in [0.15, 0.2) is 36.4 Å². The highest BCUT2D eigenvalue weighted by atomic mass is 16.5. The first kappa shape index (κ1) is 17.8. The Bertz CT molecular complexity index is 988. The van der Waals surface area contributed by atoms with E-state index in [1.807, 2.05) is 19.1 Å². The molecule has 4 rings (SSSR count). The molecular weight excluding hydrogens is 362 g/mol. The largest absolute Gasteiger partial charge is 0.481 e. The molecule has 0 atom stereocenters. The van der Waals surface area contributed by atoms with Crippen LogP contribution in [0, 0.1) is 6.92 Å². The summed E-state index contributed by atoms with van der Waals surface area (Å²) in [6.07, 6.45) is 0. The Labute approximate surface area is 161 Å². The first-order chi connectivity index (χ1) is 13.4. The average Bonchev–Trinajstić information content (AvgIpc) is 2.64. The number of ether oxygens (including phenoxy) is 2. The van der Waals surface area contributed by atoms with Gasteiger partial charge in [-0.1, -0.05) is 6.07 Å². The molecule has 2 aromatic carbocycles. The van der Waals surface area contributed by atoms with Crippen LogP contribution in [0.4, 0.5) is 17.1 Å². The van der Waals surface area contributed by atoms with E-state index in [0.717, 1.165) is 5.56 Å². The van der Waals surface area contributed by atoms with Crippen LogP contribution in [0.2, 0.25) is 0 Å². The number of nitrogens with zero attached hydrogens (tertiary/aromatic N) is 2. The van der Waals surface area contributed by atoms with Gasteiger partial charge in [-0.25, -0.2) is 4.79 Å². The number of anilines is 3. The summed E-state index contributed by atoms with van der Waals surface area (Å²) in [5.74, 6) is 0.179. The third-order valence-corrected chi connectivity index (χ3v) is 4.66. The Hall–Kier alpha value is -3.55. The summed E-state index contributed by atoms with van der Waals surface area (Å²) in [4.78, 5) is 39.3. The molecule has 0 radical (unpaired) electrons. The molecule has 2 heterocycles. The van der Waals surface area contributed by atoms with Gasteiger partial charge in [0.1, 0.15) is 12.3 Å². The van der Waals surface area contributed by atoms with Crippen LogP contribution >= 0.6 is 0 Å². The Kier molecular flexibility index (Phi) is 4.38. The molecule has 0 saturated heterocycles. The van der Waals surface area contributed by atoms with Crippen molar-refractivity contribution in [1.29, 1.82) is 0 Å². The molecule has 2 aliphatic rings. The Morgan fingerprint density at radius 1 is 1.11 bits per heavy atom. The highest BCUT2D eigenvalue weighted by Crippen LogP contribution is 2.34. The molecule has 8 nitrogen and oxygen atoms in total. The van der Waals surface area contributed by atoms with E-state index in [1.165, 1.54) is 4.90 Å². The van der Waals surface area contributed by atoms with Crippen LogP contribution in [0.3, 0.4) is 0 Å². The minimum Gasteiger partial charge on any atom is -0.481 e. The summed E-state index contributed by atoms with van der Waals surface area (Å²) < 4.78 is 10.7. The molecule has 0 aliphatic carbocycles. The third-order valence-electron chi connectivity index (χ3n) is 4.66. The maximum atomic E-state index is 12.5. The van der Waals surface area contributed by atoms with Crippen molar-refractivity contribution in [3.63, 3.8) is 0 Å². The van der Waals surface area contributed by atoms with E-state index >= 15 is 0 Å². The summed E-state index contributed by atoms with van der Waals surface area (Å²) >= 11 is 0. The van der Waals surface area contributed by atoms with Crippen molar-refractivity contribution in [1.82, 2.24) is 0 Å². The van der Waals surface area contributed by atoms with E-state index in [4.69, 9.17) is 9.47 Å². The standard InChI is InChI=1S/C20H19N3O5/c1-12-3-5-15-17(7-12)28-20(26)10-23(15)9-18(24)21-13-4-6-14-16(8-13)27-11-19(25)22(14)2/h3-8H,9-11H2,1-2H3,(H,21,24). The van der Waals surface area contributed by atoms with Gasteiger partial charge in [0.15, 0.2) is 12.4 Å². The zero-order valence-corrected chi connectivity index (χ0v) is 15.5. The number of hydrogen-bond acceptors (Lipinski definition) is 6. The summed E-state index contributed by atoms with van der Waals surface area (Å²) in [5.41, 5.74) is 2.87. The molecule has 2 aromatic rings. The van der Waals surface area contributed by atoms with Gasteiger partial charge in [0.2, 0.25) is 5.91 Å². The molecule has 28 heavy (non-hydrogen) atoms. The number of nitrogens with one attached hydrogen (secondary N) is 1. The maximum Gasteiger partial charge on any atom is 0.331 e. The van der Waals surface area contributed by atoms with Crippen LogP contribution in [-0.4, -0.2) is 44.5 Å². The number of benzene rings is 2. The molecule has 2 aliphatic heterocycles. The van der Waals surface area contributed by atoms with Crippen molar-refractivity contribution in [3.8, 4) is 11.5 Å². The fraction of sp³-hybridized carbons (Fsp3) is 0.250. The molecule has 0 fully saturated rings. The molecule has 0 spiro atoms. The molecule has 1 N–H and O–H groups in total. The van der Waals surface area contributed by atoms with Gasteiger partial charge in [0, 0.05) is 18.8 Å². The number of amides is 2. The number of fused-ring (bicyclic) bond motifs is 2. The first-order valence-corrected chi connectivity index (χ1v) is 8.80. The summed E-state index contributed by atoms with van der Waals surface area (Å²) in [5, 5.41) is 2.81. The Morgan fingerprint density at radius 2 is 1.89 bits per heavy atom. The second kappa shape index (κ2) is 6.88. The van der Waals surface area contributed by atoms with Gasteiger partial charge in [-0.15, -0.1) is 0 Å². The number of carbonyl (C=O) groups is 3. The summed E-state index contributed by atoms with van der Waals surface area (Å²) in [7, 11) is 1.68. The molecule has 0 saturated carbocycles. The lowest BCUT2D eigenvalue weighted by molar-refractivity contribution is -0.133. The zero-order valence-electron chi connectivity index (χ0n) is 15.5. The SMILES string of the molecule is Cc1ccc2c(c1)OC(=O)CN2CC(=O)Nc1ccc2c(c1)OCC(=O)N2C. The third kappa shape index (κ3) is 3.36. The fourth-order valence-corrected chi connectivity index (χ4v) is 3.23. The fourth-order valence-electron chi connectivity index (χ4n) is 3.23. The lowest BCUT2D eigenvalue weighted by atomic mass is 10.1. The first-order valence-electron chi connectivity index (χ1n) is 8.80. The number of aryl methyl sites for hydroxylation is 1. The number of carbonyl (C=O) groups excluding carboxylic acids is 3. The van der Waals surface area contributed by atoms with Gasteiger partial charge < -0.3 is 24.6 Å². The van der Waals surface area contributed by atoms with Gasteiger partial charge in [-0.3, -0.25) is 9.59 Å². The van der Waals surface area contributed by atoms with Crippen molar-refractivity contribution < 1.29 is 23.9 Å². The van der Waals surface area contributed by atoms with E-state index in [2.05, 4.69) is 5.32 Å². The minimum absolute atomic E-state index is 0.00148. The molecule has 0 bridgehead atoms. The van der Waals surface area contributed by atoms with Crippen LogP contribution in [0.25, 0.3) is 0 Å². The van der Waals surface area contributed by atoms with E-state index in [1.54, 1.807) is 36.2 Å². The maximum absolute atomic E-state index is 12.5. The Morgan fingerprint density at radius 3 is 2.71 bits per heavy atom. The predicted molar refractivity (Wildman–Crippen MR) is 103 cm³/mol. The van der Waals surface area contributed by atoms with Gasteiger partial charge >= 0.3 is 5.97 Å². The van der Waals surface area contributed by atoms with Crippen molar-refractivity contribution in [2.75, 3.05) is 41.9 Å². The predicted octanol–water partition coefficient (Wildman–Crippen LogP) is 1.71. The number of esters is 1. The second-order valence-electron chi connectivity index (χ2n) is 6.77. The Balaban J connectivity index is 1.48. The van der Waals surface area contributed by atoms with E-state index in [-0.39, 0.29) is 31.5 Å². The average molecular weight is 381 g/mol. The molecule has 8 heteroatoms. The second-order valence-corrected chi connectivity index (χ2v) is 6.77. The van der Waals surface area contributed by atoms with Gasteiger partial charge in [-0.05, 0) is 36.8 Å². The topological polar surface area (TPSA) is 88.2 Å². The van der Waals surface area contributed by atoms with Crippen LogP contribution in [0.5, 0.6) is 11.5 Å². The van der Waals surface area contributed by atoms with E-state index < -0.39 is 5.97 Å². The zero-order chi connectivity index (χ0) is 19.8. The number of rotatable bonds is 3. The summed E-state index contributed by atoms with van der Waals surface area (Å²) in [6.45, 7) is 1.88. The van der Waals surface area contributed by atoms with Crippen LogP contribution in [0.1, 0.15) is 5.56 Å². The molecule has 2 amide bonds. The normalized spacial score (nSPS) is 15.4. The van der Waals surface area contributed by atoms with Crippen molar-refractivity contribution in [2.24, 2.45) is 0 Å². The lowest BCUT2D eigenvalue weighted by Crippen LogP contribution is -2.41. The smallest absolute Gasteiger partial charge is 0.331 e. The van der Waals surface area contributed by atoms with Gasteiger partial charge in [0.25, 0.3) is 5.91 Å². The van der Waals surface area contributed by atoms with Gasteiger partial charge in [-0.2, -0.15) is 0 Å². The van der Waals surface area contributed by atoms with Gasteiger partial charge in [0.05, 0.1) is 17.9 Å². The minimum atomic E-state index is -0.402. The molecule has 144 valence electrons. The lowest BCUT2D eigenvalue weighted by Gasteiger charge is -2.29. The number of likely N-dealkylation sites (N-methyl/N-ethyl adjacent to an activating group) is 1. The molecular formula is C20H19N3O5. The van der Waals surface area contributed by atoms with E-state index in [9.17, 15) is 14.4 Å². The van der Waals surface area contributed by atoms with Crippen molar-refractivity contribution >= 4 is 34.8 Å². The quantitative estimate of drug-likeness (QED) is 0.643. The monoisotopic (exact) mass is 381 g/mol. The van der Waals surface area contributed by atoms with Crippen LogP contribution < -0.4 is 24.6 Å². The molecule has 0 unspecified atom stereocenters. The van der Waals surface area contributed by atoms with E-state index in [0.29, 0.717) is 28.6 Å². The highest BCUT2D eigenvalue weighted by molar-refractivity contribution is 5.99. The van der Waals surface area contributed by atoms with Crippen molar-refractivity contribution in [2.45, 2.75) is 6.92 Å². The number of hydrogen-bond donors (Lipinski definition) is 1.